The summed E-state index contributed by atoms with van der Waals surface area (Å²) in [5, 5.41) is 0. The van der Waals surface area contributed by atoms with Gasteiger partial charge in [-0.2, -0.15) is 8.42 Å². The van der Waals surface area contributed by atoms with Crippen molar-refractivity contribution >= 4 is 15.9 Å². The second-order valence-corrected chi connectivity index (χ2v) is 4.20. The first-order chi connectivity index (χ1) is 6.45. The van der Waals surface area contributed by atoms with E-state index in [0.29, 0.717) is 12.0 Å². The average Bonchev–Trinajstić information content (AvgIpc) is 2.15. The lowest BCUT2D eigenvalue weighted by Crippen LogP contribution is -2.02. The van der Waals surface area contributed by atoms with E-state index in [4.69, 9.17) is 4.55 Å². The molecule has 0 atom stereocenters. The summed E-state index contributed by atoms with van der Waals surface area (Å²) < 4.78 is 30.2. The molecule has 0 aromatic heterocycles. The molecule has 1 N–H and O–H groups in total. The highest BCUT2D eigenvalue weighted by atomic mass is 32.2. The monoisotopic (exact) mass is 214 g/mol. The molecule has 0 fully saturated rings. The SMILES string of the molecule is CCC(=O)c1cccc(S(=O)(=O)O)c1. The molecule has 0 spiro atoms. The normalized spacial score (nSPS) is 11.3. The molecular formula is C9H10O4S. The summed E-state index contributed by atoms with van der Waals surface area (Å²) in [7, 11) is -4.22. The molecule has 76 valence electrons. The van der Waals surface area contributed by atoms with Gasteiger partial charge >= 0.3 is 0 Å². The maximum absolute atomic E-state index is 11.2. The van der Waals surface area contributed by atoms with Crippen molar-refractivity contribution in [2.45, 2.75) is 18.2 Å². The number of carbonyl (C=O) groups excluding carboxylic acids is 1. The third kappa shape index (κ3) is 2.40. The van der Waals surface area contributed by atoms with Crippen LogP contribution >= 0.6 is 0 Å². The fraction of sp³-hybridized carbons (Fsp3) is 0.222. The van der Waals surface area contributed by atoms with Gasteiger partial charge in [-0.15, -0.1) is 0 Å². The quantitative estimate of drug-likeness (QED) is 0.611. The van der Waals surface area contributed by atoms with Crippen LogP contribution in [0.5, 0.6) is 0 Å². The summed E-state index contributed by atoms with van der Waals surface area (Å²) in [6.07, 6.45) is 0.301. The van der Waals surface area contributed by atoms with Crippen LogP contribution in [0.3, 0.4) is 0 Å². The Balaban J connectivity index is 3.21. The van der Waals surface area contributed by atoms with E-state index in [0.717, 1.165) is 0 Å². The molecule has 0 amide bonds. The minimum Gasteiger partial charge on any atom is -0.294 e. The largest absolute Gasteiger partial charge is 0.294 e. The van der Waals surface area contributed by atoms with E-state index in [1.54, 1.807) is 6.92 Å². The van der Waals surface area contributed by atoms with Crippen LogP contribution in [0.4, 0.5) is 0 Å². The predicted molar refractivity (Wildman–Crippen MR) is 50.9 cm³/mol. The molecule has 0 heterocycles. The number of ketones is 1. The van der Waals surface area contributed by atoms with Gasteiger partial charge < -0.3 is 0 Å². The molecule has 0 aliphatic heterocycles. The van der Waals surface area contributed by atoms with Gasteiger partial charge in [0.25, 0.3) is 10.1 Å². The Morgan fingerprint density at radius 3 is 2.57 bits per heavy atom. The predicted octanol–water partition coefficient (Wildman–Crippen LogP) is 1.53. The molecule has 0 bridgehead atoms. The van der Waals surface area contributed by atoms with Crippen LogP contribution in [0.25, 0.3) is 0 Å². The summed E-state index contributed by atoms with van der Waals surface area (Å²) in [5.74, 6) is -0.157. The first-order valence-corrected chi connectivity index (χ1v) is 5.50. The van der Waals surface area contributed by atoms with Crippen LogP contribution < -0.4 is 0 Å². The van der Waals surface area contributed by atoms with E-state index in [1.165, 1.54) is 24.3 Å². The van der Waals surface area contributed by atoms with Crippen LogP contribution in [-0.4, -0.2) is 18.8 Å². The van der Waals surface area contributed by atoms with Crippen molar-refractivity contribution in [2.75, 3.05) is 0 Å². The number of hydrogen-bond donors (Lipinski definition) is 1. The average molecular weight is 214 g/mol. The number of benzene rings is 1. The third-order valence-electron chi connectivity index (χ3n) is 1.77. The Bertz CT molecular complexity index is 448. The topological polar surface area (TPSA) is 71.4 Å². The van der Waals surface area contributed by atoms with Crippen LogP contribution in [-0.2, 0) is 10.1 Å². The fourth-order valence-corrected chi connectivity index (χ4v) is 1.56. The zero-order chi connectivity index (χ0) is 10.8. The number of Topliss-reactive ketones (excluding diaryl/α,β-unsaturated/α-hetero) is 1. The first-order valence-electron chi connectivity index (χ1n) is 4.06. The van der Waals surface area contributed by atoms with E-state index in [1.807, 2.05) is 0 Å². The molecule has 0 saturated carbocycles. The lowest BCUT2D eigenvalue weighted by molar-refractivity contribution is 0.0988. The van der Waals surface area contributed by atoms with Gasteiger partial charge in [0.05, 0.1) is 4.90 Å². The van der Waals surface area contributed by atoms with Gasteiger partial charge in [-0.25, -0.2) is 0 Å². The minimum atomic E-state index is -4.22. The standard InChI is InChI=1S/C9H10O4S/c1-2-9(10)7-4-3-5-8(6-7)14(11,12)13/h3-6H,2H2,1H3,(H,11,12,13). The smallest absolute Gasteiger partial charge is 0.294 e. The van der Waals surface area contributed by atoms with Crippen LogP contribution in [0, 0.1) is 0 Å². The molecule has 0 aliphatic carbocycles. The maximum Gasteiger partial charge on any atom is 0.294 e. The van der Waals surface area contributed by atoms with Gasteiger partial charge in [-0.05, 0) is 12.1 Å². The zero-order valence-electron chi connectivity index (χ0n) is 7.60. The van der Waals surface area contributed by atoms with E-state index >= 15 is 0 Å². The number of rotatable bonds is 3. The Morgan fingerprint density at radius 1 is 1.43 bits per heavy atom. The molecule has 5 heteroatoms. The second-order valence-electron chi connectivity index (χ2n) is 2.78. The van der Waals surface area contributed by atoms with Crippen LogP contribution in [0.2, 0.25) is 0 Å². The van der Waals surface area contributed by atoms with E-state index < -0.39 is 10.1 Å². The van der Waals surface area contributed by atoms with Crippen molar-refractivity contribution in [3.8, 4) is 0 Å². The summed E-state index contributed by atoms with van der Waals surface area (Å²) in [5.41, 5.74) is 0.294. The van der Waals surface area contributed by atoms with Crippen LogP contribution in [0.1, 0.15) is 23.7 Å². The lowest BCUT2D eigenvalue weighted by Gasteiger charge is -2.00. The van der Waals surface area contributed by atoms with Gasteiger partial charge in [-0.3, -0.25) is 9.35 Å². The molecule has 0 aliphatic rings. The van der Waals surface area contributed by atoms with Gasteiger partial charge in [0.15, 0.2) is 5.78 Å². The highest BCUT2D eigenvalue weighted by Gasteiger charge is 2.11. The molecule has 1 aromatic carbocycles. The van der Waals surface area contributed by atoms with Crippen molar-refractivity contribution < 1.29 is 17.8 Å². The lowest BCUT2D eigenvalue weighted by atomic mass is 10.1. The first kappa shape index (κ1) is 10.9. The third-order valence-corrected chi connectivity index (χ3v) is 2.62. The second kappa shape index (κ2) is 3.89. The van der Waals surface area contributed by atoms with Crippen molar-refractivity contribution in [2.24, 2.45) is 0 Å². The summed E-state index contributed by atoms with van der Waals surface area (Å²) in [4.78, 5) is 11.0. The maximum atomic E-state index is 11.2. The molecule has 0 unspecified atom stereocenters. The summed E-state index contributed by atoms with van der Waals surface area (Å²) in [6, 6.07) is 5.34. The molecule has 1 aromatic rings. The van der Waals surface area contributed by atoms with E-state index in [2.05, 4.69) is 0 Å². The van der Waals surface area contributed by atoms with Gasteiger partial charge in [-0.1, -0.05) is 19.1 Å². The molecule has 0 saturated heterocycles. The summed E-state index contributed by atoms with van der Waals surface area (Å²) >= 11 is 0. The highest BCUT2D eigenvalue weighted by molar-refractivity contribution is 7.85. The Kier molecular flexibility index (Phi) is 3.03. The van der Waals surface area contributed by atoms with E-state index in [-0.39, 0.29) is 10.7 Å². The highest BCUT2D eigenvalue weighted by Crippen LogP contribution is 2.12. The fourth-order valence-electron chi connectivity index (χ4n) is 1.03. The molecular weight excluding hydrogens is 204 g/mol. The van der Waals surface area contributed by atoms with Gasteiger partial charge in [0.2, 0.25) is 0 Å². The Morgan fingerprint density at radius 2 is 2.07 bits per heavy atom. The molecule has 1 rings (SSSR count). The van der Waals surface area contributed by atoms with Crippen LogP contribution in [0.15, 0.2) is 29.2 Å². The van der Waals surface area contributed by atoms with Crippen molar-refractivity contribution in [1.82, 2.24) is 0 Å². The number of hydrogen-bond acceptors (Lipinski definition) is 3. The van der Waals surface area contributed by atoms with Gasteiger partial charge in [0.1, 0.15) is 0 Å². The molecule has 14 heavy (non-hydrogen) atoms. The van der Waals surface area contributed by atoms with E-state index in [9.17, 15) is 13.2 Å². The van der Waals surface area contributed by atoms with Crippen molar-refractivity contribution in [3.63, 3.8) is 0 Å². The van der Waals surface area contributed by atoms with Gasteiger partial charge in [0, 0.05) is 12.0 Å². The summed E-state index contributed by atoms with van der Waals surface area (Å²) in [6.45, 7) is 1.68. The number of carbonyl (C=O) groups is 1. The Labute approximate surface area is 82.3 Å². The van der Waals surface area contributed by atoms with Crippen molar-refractivity contribution in [3.05, 3.63) is 29.8 Å². The minimum absolute atomic E-state index is 0.157. The molecule has 0 radical (unpaired) electrons. The van der Waals surface area contributed by atoms with Crippen molar-refractivity contribution in [1.29, 1.82) is 0 Å². The molecule has 4 nitrogen and oxygen atoms in total. The zero-order valence-corrected chi connectivity index (χ0v) is 8.41. The Hall–Kier alpha value is -1.20.